The van der Waals surface area contributed by atoms with E-state index in [1.807, 2.05) is 18.2 Å². The van der Waals surface area contributed by atoms with Crippen molar-refractivity contribution in [2.75, 3.05) is 0 Å². The fourth-order valence-corrected chi connectivity index (χ4v) is 2.37. The van der Waals surface area contributed by atoms with Gasteiger partial charge in [-0.1, -0.05) is 62.0 Å². The van der Waals surface area contributed by atoms with E-state index in [-0.39, 0.29) is 5.54 Å². The van der Waals surface area contributed by atoms with E-state index < -0.39 is 0 Å². The molecule has 2 N–H and O–H groups in total. The molecule has 0 aromatic heterocycles. The lowest BCUT2D eigenvalue weighted by molar-refractivity contribution is 0.365. The molecule has 0 heterocycles. The van der Waals surface area contributed by atoms with E-state index in [9.17, 15) is 0 Å². The third-order valence-corrected chi connectivity index (χ3v) is 4.16. The fourth-order valence-electron chi connectivity index (χ4n) is 1.98. The summed E-state index contributed by atoms with van der Waals surface area (Å²) in [4.78, 5) is 0. The minimum atomic E-state index is -0.162. The Kier molecular flexibility index (Phi) is 5.78. The van der Waals surface area contributed by atoms with Crippen LogP contribution in [0, 0.1) is 0 Å². The van der Waals surface area contributed by atoms with E-state index in [2.05, 4.69) is 13.8 Å². The molecule has 0 aliphatic rings. The average molecular weight is 274 g/mol. The van der Waals surface area contributed by atoms with Crippen molar-refractivity contribution in [2.24, 2.45) is 5.73 Å². The first-order valence-corrected chi connectivity index (χ1v) is 7.00. The molecular formula is C14H21Cl2N. The standard InChI is InChI=1S/C14H21Cl2N/c1-3-5-9-14(17,4-2)10-11-7-6-8-12(15)13(11)16/h6-8H,3-5,9-10,17H2,1-2H3. The molecule has 1 aromatic carbocycles. The van der Waals surface area contributed by atoms with Gasteiger partial charge < -0.3 is 5.73 Å². The van der Waals surface area contributed by atoms with E-state index in [0.29, 0.717) is 10.0 Å². The maximum Gasteiger partial charge on any atom is 0.0624 e. The minimum absolute atomic E-state index is 0.162. The number of halogens is 2. The summed E-state index contributed by atoms with van der Waals surface area (Å²) >= 11 is 12.2. The quantitative estimate of drug-likeness (QED) is 0.789. The summed E-state index contributed by atoms with van der Waals surface area (Å²) in [5.41, 5.74) is 7.33. The van der Waals surface area contributed by atoms with Gasteiger partial charge in [-0.05, 0) is 30.9 Å². The molecule has 1 rings (SSSR count). The molecule has 3 heteroatoms. The second-order valence-corrected chi connectivity index (χ2v) is 5.49. The summed E-state index contributed by atoms with van der Waals surface area (Å²) in [5.74, 6) is 0. The van der Waals surface area contributed by atoms with Crippen LogP contribution in [-0.4, -0.2) is 5.54 Å². The van der Waals surface area contributed by atoms with E-state index >= 15 is 0 Å². The zero-order valence-electron chi connectivity index (χ0n) is 10.6. The van der Waals surface area contributed by atoms with Crippen LogP contribution in [0.1, 0.15) is 45.1 Å². The second-order valence-electron chi connectivity index (χ2n) is 4.71. The zero-order chi connectivity index (χ0) is 12.9. The largest absolute Gasteiger partial charge is 0.325 e. The molecule has 0 aliphatic heterocycles. The highest BCUT2D eigenvalue weighted by Gasteiger charge is 2.23. The van der Waals surface area contributed by atoms with Crippen LogP contribution < -0.4 is 5.73 Å². The van der Waals surface area contributed by atoms with Crippen molar-refractivity contribution < 1.29 is 0 Å². The van der Waals surface area contributed by atoms with Crippen molar-refractivity contribution in [1.82, 2.24) is 0 Å². The van der Waals surface area contributed by atoms with E-state index in [1.165, 1.54) is 6.42 Å². The average Bonchev–Trinajstić information content (AvgIpc) is 2.33. The summed E-state index contributed by atoms with van der Waals surface area (Å²) in [7, 11) is 0. The highest BCUT2D eigenvalue weighted by molar-refractivity contribution is 6.42. The smallest absolute Gasteiger partial charge is 0.0624 e. The molecule has 0 aliphatic carbocycles. The molecule has 1 nitrogen and oxygen atoms in total. The number of rotatable bonds is 6. The van der Waals surface area contributed by atoms with Gasteiger partial charge in [0.05, 0.1) is 10.0 Å². The summed E-state index contributed by atoms with van der Waals surface area (Å²) < 4.78 is 0. The van der Waals surface area contributed by atoms with Crippen LogP contribution in [0.2, 0.25) is 10.0 Å². The predicted octanol–water partition coefficient (Wildman–Crippen LogP) is 4.83. The van der Waals surface area contributed by atoms with E-state index in [0.717, 1.165) is 31.2 Å². The first-order valence-electron chi connectivity index (χ1n) is 6.24. The Morgan fingerprint density at radius 2 is 1.94 bits per heavy atom. The van der Waals surface area contributed by atoms with Crippen LogP contribution in [0.4, 0.5) is 0 Å². The molecule has 0 bridgehead atoms. The van der Waals surface area contributed by atoms with Gasteiger partial charge >= 0.3 is 0 Å². The Balaban J connectivity index is 2.83. The Morgan fingerprint density at radius 3 is 2.53 bits per heavy atom. The molecule has 96 valence electrons. The van der Waals surface area contributed by atoms with Gasteiger partial charge in [0, 0.05) is 5.54 Å². The zero-order valence-corrected chi connectivity index (χ0v) is 12.1. The van der Waals surface area contributed by atoms with Gasteiger partial charge in [0.15, 0.2) is 0 Å². The van der Waals surface area contributed by atoms with Crippen LogP contribution in [0.15, 0.2) is 18.2 Å². The first-order chi connectivity index (χ1) is 8.02. The molecule has 1 unspecified atom stereocenters. The lowest BCUT2D eigenvalue weighted by Crippen LogP contribution is -2.41. The normalized spacial score (nSPS) is 14.6. The lowest BCUT2D eigenvalue weighted by atomic mass is 9.84. The van der Waals surface area contributed by atoms with Gasteiger partial charge in [0.2, 0.25) is 0 Å². The second kappa shape index (κ2) is 6.63. The monoisotopic (exact) mass is 273 g/mol. The van der Waals surface area contributed by atoms with Gasteiger partial charge in [-0.15, -0.1) is 0 Å². The summed E-state index contributed by atoms with van der Waals surface area (Å²) in [6, 6.07) is 5.75. The third-order valence-electron chi connectivity index (χ3n) is 3.31. The van der Waals surface area contributed by atoms with Crippen LogP contribution in [0.25, 0.3) is 0 Å². The maximum atomic E-state index is 6.43. The Bertz CT molecular complexity index is 365. The van der Waals surface area contributed by atoms with Crippen molar-refractivity contribution >= 4 is 23.2 Å². The highest BCUT2D eigenvalue weighted by Crippen LogP contribution is 2.30. The molecule has 0 radical (unpaired) electrons. The topological polar surface area (TPSA) is 26.0 Å². The van der Waals surface area contributed by atoms with Gasteiger partial charge in [-0.3, -0.25) is 0 Å². The van der Waals surface area contributed by atoms with Crippen LogP contribution >= 0.6 is 23.2 Å². The number of nitrogens with two attached hydrogens (primary N) is 1. The van der Waals surface area contributed by atoms with Gasteiger partial charge in [-0.25, -0.2) is 0 Å². The molecule has 17 heavy (non-hydrogen) atoms. The number of hydrogen-bond donors (Lipinski definition) is 1. The molecule has 0 saturated heterocycles. The molecule has 1 aromatic rings. The van der Waals surface area contributed by atoms with Crippen molar-refractivity contribution in [3.63, 3.8) is 0 Å². The van der Waals surface area contributed by atoms with E-state index in [4.69, 9.17) is 28.9 Å². The summed E-state index contributed by atoms with van der Waals surface area (Å²) in [5, 5.41) is 1.26. The van der Waals surface area contributed by atoms with E-state index in [1.54, 1.807) is 0 Å². The summed E-state index contributed by atoms with van der Waals surface area (Å²) in [6.45, 7) is 4.32. The van der Waals surface area contributed by atoms with Crippen molar-refractivity contribution in [2.45, 2.75) is 51.5 Å². The van der Waals surface area contributed by atoms with Crippen molar-refractivity contribution in [3.05, 3.63) is 33.8 Å². The van der Waals surface area contributed by atoms with Crippen LogP contribution in [0.3, 0.4) is 0 Å². The Morgan fingerprint density at radius 1 is 1.24 bits per heavy atom. The van der Waals surface area contributed by atoms with Gasteiger partial charge in [-0.2, -0.15) is 0 Å². The maximum absolute atomic E-state index is 6.43. The fraction of sp³-hybridized carbons (Fsp3) is 0.571. The molecule has 1 atom stereocenters. The predicted molar refractivity (Wildman–Crippen MR) is 76.9 cm³/mol. The SMILES string of the molecule is CCCCC(N)(CC)Cc1cccc(Cl)c1Cl. The van der Waals surface area contributed by atoms with Crippen molar-refractivity contribution in [3.8, 4) is 0 Å². The number of unbranched alkanes of at least 4 members (excludes halogenated alkanes) is 1. The number of hydrogen-bond acceptors (Lipinski definition) is 1. The van der Waals surface area contributed by atoms with Crippen LogP contribution in [0.5, 0.6) is 0 Å². The highest BCUT2D eigenvalue weighted by atomic mass is 35.5. The molecule has 0 fully saturated rings. The first kappa shape index (κ1) is 14.8. The minimum Gasteiger partial charge on any atom is -0.325 e. The van der Waals surface area contributed by atoms with Crippen molar-refractivity contribution in [1.29, 1.82) is 0 Å². The summed E-state index contributed by atoms with van der Waals surface area (Å²) in [6.07, 6.45) is 5.10. The van der Waals surface area contributed by atoms with Gasteiger partial charge in [0.1, 0.15) is 0 Å². The number of benzene rings is 1. The Labute approximate surface area is 114 Å². The molecule has 0 spiro atoms. The van der Waals surface area contributed by atoms with Crippen LogP contribution in [-0.2, 0) is 6.42 Å². The third kappa shape index (κ3) is 4.17. The molecular weight excluding hydrogens is 253 g/mol. The van der Waals surface area contributed by atoms with Gasteiger partial charge in [0.25, 0.3) is 0 Å². The molecule has 0 amide bonds. The lowest BCUT2D eigenvalue weighted by Gasteiger charge is -2.29. The Hall–Kier alpha value is -0.240. The molecule has 0 saturated carbocycles.